The SMILES string of the molecule is CC(=O)Nc1ccc(C=CC(=O)c2cccc3ccccc23)cc1. The van der Waals surface area contributed by atoms with Crippen LogP contribution in [0.2, 0.25) is 0 Å². The van der Waals surface area contributed by atoms with Gasteiger partial charge >= 0.3 is 0 Å². The quantitative estimate of drug-likeness (QED) is 0.560. The molecule has 0 spiro atoms. The topological polar surface area (TPSA) is 46.2 Å². The van der Waals surface area contributed by atoms with E-state index in [1.807, 2.05) is 66.7 Å². The molecule has 24 heavy (non-hydrogen) atoms. The first-order valence-corrected chi connectivity index (χ1v) is 7.71. The van der Waals surface area contributed by atoms with Gasteiger partial charge in [0, 0.05) is 18.2 Å². The number of nitrogens with one attached hydrogen (secondary N) is 1. The van der Waals surface area contributed by atoms with Crippen LogP contribution in [0.3, 0.4) is 0 Å². The van der Waals surface area contributed by atoms with Gasteiger partial charge in [0.25, 0.3) is 0 Å². The van der Waals surface area contributed by atoms with Crippen molar-refractivity contribution in [3.63, 3.8) is 0 Å². The normalized spacial score (nSPS) is 10.9. The monoisotopic (exact) mass is 315 g/mol. The third kappa shape index (κ3) is 3.58. The van der Waals surface area contributed by atoms with Crippen LogP contribution in [-0.4, -0.2) is 11.7 Å². The van der Waals surface area contributed by atoms with Crippen molar-refractivity contribution in [2.24, 2.45) is 0 Å². The molecule has 3 aromatic carbocycles. The number of amides is 1. The van der Waals surface area contributed by atoms with E-state index in [4.69, 9.17) is 0 Å². The number of carbonyl (C=O) groups excluding carboxylic acids is 2. The molecule has 0 aliphatic heterocycles. The minimum Gasteiger partial charge on any atom is -0.326 e. The maximum absolute atomic E-state index is 12.5. The molecule has 0 saturated heterocycles. The molecule has 3 heteroatoms. The summed E-state index contributed by atoms with van der Waals surface area (Å²) < 4.78 is 0. The summed E-state index contributed by atoms with van der Waals surface area (Å²) in [6.07, 6.45) is 3.36. The number of rotatable bonds is 4. The molecule has 0 saturated carbocycles. The fourth-order valence-electron chi connectivity index (χ4n) is 2.58. The van der Waals surface area contributed by atoms with E-state index in [1.54, 1.807) is 12.2 Å². The van der Waals surface area contributed by atoms with Crippen LogP contribution >= 0.6 is 0 Å². The second-order valence-electron chi connectivity index (χ2n) is 5.53. The van der Waals surface area contributed by atoms with E-state index in [1.165, 1.54) is 6.92 Å². The average molecular weight is 315 g/mol. The molecule has 0 heterocycles. The van der Waals surface area contributed by atoms with Gasteiger partial charge in [-0.15, -0.1) is 0 Å². The number of carbonyl (C=O) groups is 2. The first-order valence-electron chi connectivity index (χ1n) is 7.71. The maximum atomic E-state index is 12.5. The van der Waals surface area contributed by atoms with E-state index in [-0.39, 0.29) is 11.7 Å². The summed E-state index contributed by atoms with van der Waals surface area (Å²) in [4.78, 5) is 23.5. The summed E-state index contributed by atoms with van der Waals surface area (Å²) in [6.45, 7) is 1.47. The maximum Gasteiger partial charge on any atom is 0.221 e. The number of fused-ring (bicyclic) bond motifs is 1. The lowest BCUT2D eigenvalue weighted by molar-refractivity contribution is -0.114. The fourth-order valence-corrected chi connectivity index (χ4v) is 2.58. The molecule has 0 unspecified atom stereocenters. The molecule has 0 aromatic heterocycles. The van der Waals surface area contributed by atoms with Gasteiger partial charge in [-0.3, -0.25) is 9.59 Å². The van der Waals surface area contributed by atoms with Crippen molar-refractivity contribution in [1.82, 2.24) is 0 Å². The lowest BCUT2D eigenvalue weighted by Gasteiger charge is -2.03. The van der Waals surface area contributed by atoms with Gasteiger partial charge in [-0.2, -0.15) is 0 Å². The van der Waals surface area contributed by atoms with Crippen molar-refractivity contribution in [2.75, 3.05) is 5.32 Å². The second-order valence-corrected chi connectivity index (χ2v) is 5.53. The van der Waals surface area contributed by atoms with Crippen molar-refractivity contribution in [3.05, 3.63) is 83.9 Å². The summed E-state index contributed by atoms with van der Waals surface area (Å²) in [7, 11) is 0. The molecule has 0 aliphatic carbocycles. The molecule has 1 N–H and O–H groups in total. The Labute approximate surface area is 140 Å². The molecule has 3 aromatic rings. The number of ketones is 1. The first kappa shape index (κ1) is 15.7. The average Bonchev–Trinajstić information content (AvgIpc) is 2.60. The zero-order valence-electron chi connectivity index (χ0n) is 13.3. The molecule has 1 amide bonds. The van der Waals surface area contributed by atoms with Crippen molar-refractivity contribution in [2.45, 2.75) is 6.92 Å². The van der Waals surface area contributed by atoms with Gasteiger partial charge in [0.15, 0.2) is 5.78 Å². The zero-order valence-corrected chi connectivity index (χ0v) is 13.3. The molecule has 0 fully saturated rings. The molecule has 0 radical (unpaired) electrons. The Morgan fingerprint density at radius 1 is 0.875 bits per heavy atom. The second kappa shape index (κ2) is 6.92. The van der Waals surface area contributed by atoms with Crippen LogP contribution in [0.15, 0.2) is 72.8 Å². The highest BCUT2D eigenvalue weighted by Gasteiger charge is 2.06. The third-order valence-corrected chi connectivity index (χ3v) is 3.71. The van der Waals surface area contributed by atoms with E-state index in [9.17, 15) is 9.59 Å². The molecule has 0 atom stereocenters. The van der Waals surface area contributed by atoms with Gasteiger partial charge in [-0.1, -0.05) is 60.7 Å². The van der Waals surface area contributed by atoms with Crippen LogP contribution in [-0.2, 0) is 4.79 Å². The van der Waals surface area contributed by atoms with E-state index >= 15 is 0 Å². The molecule has 3 nitrogen and oxygen atoms in total. The molecule has 0 bridgehead atoms. The van der Waals surface area contributed by atoms with Gasteiger partial charge in [0.2, 0.25) is 5.91 Å². The third-order valence-electron chi connectivity index (χ3n) is 3.71. The molecule has 0 aliphatic rings. The van der Waals surface area contributed by atoms with Gasteiger partial charge < -0.3 is 5.32 Å². The lowest BCUT2D eigenvalue weighted by Crippen LogP contribution is -2.05. The zero-order chi connectivity index (χ0) is 16.9. The largest absolute Gasteiger partial charge is 0.326 e. The van der Waals surface area contributed by atoms with E-state index in [0.717, 1.165) is 22.0 Å². The van der Waals surface area contributed by atoms with Crippen LogP contribution in [0, 0.1) is 0 Å². The Balaban J connectivity index is 1.81. The van der Waals surface area contributed by atoms with Gasteiger partial charge in [0.1, 0.15) is 0 Å². The van der Waals surface area contributed by atoms with Crippen LogP contribution in [0.1, 0.15) is 22.8 Å². The Hall–Kier alpha value is -3.20. The number of hydrogen-bond donors (Lipinski definition) is 1. The molecule has 3 rings (SSSR count). The summed E-state index contributed by atoms with van der Waals surface area (Å²) in [5.41, 5.74) is 2.33. The van der Waals surface area contributed by atoms with E-state index < -0.39 is 0 Å². The number of allylic oxidation sites excluding steroid dienone is 1. The smallest absolute Gasteiger partial charge is 0.221 e. The molecular formula is C21H17NO2. The van der Waals surface area contributed by atoms with Crippen molar-refractivity contribution in [1.29, 1.82) is 0 Å². The summed E-state index contributed by atoms with van der Waals surface area (Å²) in [5.74, 6) is -0.137. The van der Waals surface area contributed by atoms with Crippen molar-refractivity contribution in [3.8, 4) is 0 Å². The Kier molecular flexibility index (Phi) is 4.52. The van der Waals surface area contributed by atoms with Gasteiger partial charge in [-0.05, 0) is 34.5 Å². The predicted octanol–water partition coefficient (Wildman–Crippen LogP) is 4.69. The number of hydrogen-bond acceptors (Lipinski definition) is 2. The van der Waals surface area contributed by atoms with E-state index in [0.29, 0.717) is 5.56 Å². The van der Waals surface area contributed by atoms with Crippen LogP contribution in [0.5, 0.6) is 0 Å². The van der Waals surface area contributed by atoms with Crippen LogP contribution in [0.4, 0.5) is 5.69 Å². The number of benzene rings is 3. The van der Waals surface area contributed by atoms with E-state index in [2.05, 4.69) is 5.32 Å². The van der Waals surface area contributed by atoms with Gasteiger partial charge in [-0.25, -0.2) is 0 Å². The van der Waals surface area contributed by atoms with Crippen LogP contribution in [0.25, 0.3) is 16.8 Å². The highest BCUT2D eigenvalue weighted by Crippen LogP contribution is 2.19. The minimum atomic E-state index is -0.107. The Morgan fingerprint density at radius 2 is 1.58 bits per heavy atom. The summed E-state index contributed by atoms with van der Waals surface area (Å²) in [6, 6.07) is 20.9. The summed E-state index contributed by atoms with van der Waals surface area (Å²) in [5, 5.41) is 4.72. The molecular weight excluding hydrogens is 298 g/mol. The van der Waals surface area contributed by atoms with Crippen molar-refractivity contribution >= 4 is 34.2 Å². The predicted molar refractivity (Wildman–Crippen MR) is 98.1 cm³/mol. The Morgan fingerprint density at radius 3 is 2.33 bits per heavy atom. The fraction of sp³-hybridized carbons (Fsp3) is 0.0476. The highest BCUT2D eigenvalue weighted by molar-refractivity contribution is 6.14. The standard InChI is InChI=1S/C21H17NO2/c1-15(23)22-18-12-9-16(10-13-18)11-14-21(24)20-8-4-6-17-5-2-3-7-19(17)20/h2-14H,1H3,(H,22,23). The summed E-state index contributed by atoms with van der Waals surface area (Å²) >= 11 is 0. The lowest BCUT2D eigenvalue weighted by atomic mass is 10.0. The van der Waals surface area contributed by atoms with Crippen molar-refractivity contribution < 1.29 is 9.59 Å². The molecule has 118 valence electrons. The number of anilines is 1. The highest BCUT2D eigenvalue weighted by atomic mass is 16.1. The minimum absolute atomic E-state index is 0.0299. The Bertz CT molecular complexity index is 919. The van der Waals surface area contributed by atoms with Gasteiger partial charge in [0.05, 0.1) is 0 Å². The first-order chi connectivity index (χ1) is 11.6. The van der Waals surface area contributed by atoms with Crippen LogP contribution < -0.4 is 5.32 Å².